The SMILES string of the molecule is O=C(Nc1cccc(-c2ccc(S(=O)(=O)N3CCC[C@@H]3CO)cc2)n1)C1(c2ccc3c(c2)COCO3)CC1.[HH]. The van der Waals surface area contributed by atoms with Crippen molar-refractivity contribution in [3.63, 3.8) is 0 Å². The monoisotopic (exact) mass is 537 g/mol. The first-order valence-electron chi connectivity index (χ1n) is 12.8. The molecule has 38 heavy (non-hydrogen) atoms. The highest BCUT2D eigenvalue weighted by Gasteiger charge is 2.51. The van der Waals surface area contributed by atoms with Crippen LogP contribution in [0.5, 0.6) is 5.75 Å². The third-order valence-electron chi connectivity index (χ3n) is 7.63. The number of fused-ring (bicyclic) bond motifs is 1. The molecule has 2 aromatic carbocycles. The largest absolute Gasteiger partial charge is 0.467 e. The van der Waals surface area contributed by atoms with Crippen LogP contribution in [0.25, 0.3) is 11.3 Å². The second kappa shape index (κ2) is 9.77. The highest BCUT2D eigenvalue weighted by molar-refractivity contribution is 7.89. The molecule has 1 saturated carbocycles. The number of aliphatic hydroxyl groups excluding tert-OH is 1. The normalized spacial score (nSPS) is 20.4. The Labute approximate surface area is 223 Å². The Kier molecular flexibility index (Phi) is 6.43. The molecule has 200 valence electrons. The molecule has 3 heterocycles. The summed E-state index contributed by atoms with van der Waals surface area (Å²) in [4.78, 5) is 18.1. The molecule has 1 amide bonds. The van der Waals surface area contributed by atoms with E-state index in [0.717, 1.165) is 41.7 Å². The van der Waals surface area contributed by atoms with Crippen LogP contribution in [0.1, 0.15) is 38.2 Å². The van der Waals surface area contributed by atoms with E-state index in [9.17, 15) is 18.3 Å². The number of carbonyl (C=O) groups is 1. The minimum Gasteiger partial charge on any atom is -0.467 e. The summed E-state index contributed by atoms with van der Waals surface area (Å²) in [5, 5.41) is 12.5. The average molecular weight is 538 g/mol. The molecule has 10 heteroatoms. The van der Waals surface area contributed by atoms with Gasteiger partial charge in [0.25, 0.3) is 0 Å². The minimum atomic E-state index is -3.68. The Bertz CT molecular complexity index is 1480. The van der Waals surface area contributed by atoms with Gasteiger partial charge in [0, 0.05) is 25.1 Å². The highest BCUT2D eigenvalue weighted by Crippen LogP contribution is 2.50. The van der Waals surface area contributed by atoms with Crippen LogP contribution in [0.4, 0.5) is 5.82 Å². The van der Waals surface area contributed by atoms with Crippen LogP contribution in [0.2, 0.25) is 0 Å². The van der Waals surface area contributed by atoms with E-state index < -0.39 is 15.4 Å². The van der Waals surface area contributed by atoms with Crippen molar-refractivity contribution < 1.29 is 29.2 Å². The molecule has 1 atom stereocenters. The van der Waals surface area contributed by atoms with Gasteiger partial charge in [-0.25, -0.2) is 13.4 Å². The fourth-order valence-corrected chi connectivity index (χ4v) is 6.99. The van der Waals surface area contributed by atoms with Gasteiger partial charge in [0.1, 0.15) is 11.6 Å². The number of hydrogen-bond donors (Lipinski definition) is 2. The van der Waals surface area contributed by atoms with E-state index in [-0.39, 0.29) is 31.7 Å². The number of anilines is 1. The van der Waals surface area contributed by atoms with Crippen molar-refractivity contribution in [2.75, 3.05) is 25.3 Å². The smallest absolute Gasteiger partial charge is 0.243 e. The molecular weight excluding hydrogens is 506 g/mol. The van der Waals surface area contributed by atoms with Gasteiger partial charge in [-0.2, -0.15) is 4.31 Å². The maximum Gasteiger partial charge on any atom is 0.243 e. The Morgan fingerprint density at radius 1 is 1.16 bits per heavy atom. The molecule has 1 aromatic heterocycles. The molecule has 3 aromatic rings. The molecule has 2 aliphatic heterocycles. The summed E-state index contributed by atoms with van der Waals surface area (Å²) in [6.45, 7) is 0.926. The van der Waals surface area contributed by atoms with Crippen LogP contribution in [-0.4, -0.2) is 54.7 Å². The quantitative estimate of drug-likeness (QED) is 0.472. The number of amides is 1. The van der Waals surface area contributed by atoms with Crippen LogP contribution in [0.15, 0.2) is 65.6 Å². The molecular formula is C28H31N3O6S. The van der Waals surface area contributed by atoms with Crippen molar-refractivity contribution in [2.45, 2.75) is 48.6 Å². The molecule has 9 nitrogen and oxygen atoms in total. The van der Waals surface area contributed by atoms with Crippen molar-refractivity contribution in [1.82, 2.24) is 9.29 Å². The summed E-state index contributed by atoms with van der Waals surface area (Å²) in [6.07, 6.45) is 2.90. The van der Waals surface area contributed by atoms with Crippen molar-refractivity contribution in [1.29, 1.82) is 0 Å². The van der Waals surface area contributed by atoms with Gasteiger partial charge in [-0.1, -0.05) is 24.3 Å². The van der Waals surface area contributed by atoms with Crippen molar-refractivity contribution >= 4 is 21.7 Å². The van der Waals surface area contributed by atoms with E-state index in [0.29, 0.717) is 31.1 Å². The van der Waals surface area contributed by atoms with E-state index in [1.54, 1.807) is 30.3 Å². The van der Waals surface area contributed by atoms with Crippen LogP contribution in [-0.2, 0) is 31.6 Å². The van der Waals surface area contributed by atoms with Crippen molar-refractivity contribution in [3.05, 3.63) is 71.8 Å². The lowest BCUT2D eigenvalue weighted by molar-refractivity contribution is -0.118. The standard InChI is InChI=1S/C28H29N3O6S.H2/c32-16-22-3-2-14-31(22)38(34,35)23-9-6-19(7-10-23)24-4-1-5-26(29-24)30-27(33)28(12-13-28)21-8-11-25-20(15-21)17-36-18-37-25;/h1,4-11,15,22,32H,2-3,12-14,16-18H2,(H,29,30,33);1H/t22-;/m1./s1. The fourth-order valence-electron chi connectivity index (χ4n) is 5.30. The van der Waals surface area contributed by atoms with Gasteiger partial charge in [-0.3, -0.25) is 4.79 Å². The van der Waals surface area contributed by atoms with Crippen LogP contribution in [0, 0.1) is 0 Å². The number of rotatable bonds is 7. The zero-order valence-corrected chi connectivity index (χ0v) is 21.6. The lowest BCUT2D eigenvalue weighted by Crippen LogP contribution is -2.37. The van der Waals surface area contributed by atoms with Crippen molar-refractivity contribution in [2.24, 2.45) is 0 Å². The number of hydrogen-bond acceptors (Lipinski definition) is 7. The van der Waals surface area contributed by atoms with Gasteiger partial charge in [0.2, 0.25) is 15.9 Å². The summed E-state index contributed by atoms with van der Waals surface area (Å²) in [5.74, 6) is 1.12. The number of aromatic nitrogens is 1. The predicted octanol–water partition coefficient (Wildman–Crippen LogP) is 3.68. The Hall–Kier alpha value is -3.31. The van der Waals surface area contributed by atoms with Gasteiger partial charge in [-0.05, 0) is 67.6 Å². The number of aliphatic hydroxyl groups is 1. The molecule has 0 radical (unpaired) electrons. The van der Waals surface area contributed by atoms with E-state index in [2.05, 4.69) is 10.3 Å². The number of carbonyl (C=O) groups excluding carboxylic acids is 1. The van der Waals surface area contributed by atoms with E-state index in [4.69, 9.17) is 9.47 Å². The van der Waals surface area contributed by atoms with Gasteiger partial charge >= 0.3 is 0 Å². The second-order valence-electron chi connectivity index (χ2n) is 10.00. The predicted molar refractivity (Wildman–Crippen MR) is 142 cm³/mol. The Morgan fingerprint density at radius 3 is 2.74 bits per heavy atom. The lowest BCUT2D eigenvalue weighted by Gasteiger charge is -2.22. The molecule has 0 bridgehead atoms. The molecule has 2 fully saturated rings. The number of ether oxygens (including phenoxy) is 2. The van der Waals surface area contributed by atoms with Crippen LogP contribution in [0.3, 0.4) is 0 Å². The minimum absolute atomic E-state index is 0. The lowest BCUT2D eigenvalue weighted by atomic mass is 9.93. The Balaban J connectivity index is 0.00000308. The first-order valence-corrected chi connectivity index (χ1v) is 14.2. The van der Waals surface area contributed by atoms with E-state index in [1.165, 1.54) is 4.31 Å². The maximum atomic E-state index is 13.3. The summed E-state index contributed by atoms with van der Waals surface area (Å²) >= 11 is 0. The van der Waals surface area contributed by atoms with Crippen LogP contribution >= 0.6 is 0 Å². The molecule has 1 aliphatic carbocycles. The summed E-state index contributed by atoms with van der Waals surface area (Å²) < 4.78 is 38.4. The maximum absolute atomic E-state index is 13.3. The zero-order valence-electron chi connectivity index (χ0n) is 20.8. The number of nitrogens with one attached hydrogen (secondary N) is 1. The van der Waals surface area contributed by atoms with Crippen LogP contribution < -0.4 is 10.1 Å². The summed E-state index contributed by atoms with van der Waals surface area (Å²) in [5.41, 5.74) is 2.64. The third-order valence-corrected chi connectivity index (χ3v) is 9.60. The molecule has 6 rings (SSSR count). The fraction of sp³-hybridized carbons (Fsp3) is 0.357. The summed E-state index contributed by atoms with van der Waals surface area (Å²) in [6, 6.07) is 17.4. The van der Waals surface area contributed by atoms with Gasteiger partial charge in [0.15, 0.2) is 6.79 Å². The molecule has 3 aliphatic rings. The van der Waals surface area contributed by atoms with Gasteiger partial charge in [-0.15, -0.1) is 0 Å². The number of sulfonamides is 1. The summed E-state index contributed by atoms with van der Waals surface area (Å²) in [7, 11) is -3.68. The second-order valence-corrected chi connectivity index (χ2v) is 11.9. The zero-order chi connectivity index (χ0) is 26.3. The Morgan fingerprint density at radius 2 is 1.97 bits per heavy atom. The number of benzene rings is 2. The topological polar surface area (TPSA) is 118 Å². The number of pyridine rings is 1. The molecule has 0 spiro atoms. The number of nitrogens with zero attached hydrogens (tertiary/aromatic N) is 2. The van der Waals surface area contributed by atoms with E-state index in [1.807, 2.05) is 30.3 Å². The highest BCUT2D eigenvalue weighted by atomic mass is 32.2. The third kappa shape index (κ3) is 4.47. The first-order chi connectivity index (χ1) is 18.4. The molecule has 2 N–H and O–H groups in total. The average Bonchev–Trinajstić information content (AvgIpc) is 3.62. The van der Waals surface area contributed by atoms with Gasteiger partial charge < -0.3 is 19.9 Å². The van der Waals surface area contributed by atoms with Crippen molar-refractivity contribution in [3.8, 4) is 17.0 Å². The van der Waals surface area contributed by atoms with E-state index >= 15 is 0 Å². The molecule has 0 unspecified atom stereocenters. The first kappa shape index (κ1) is 25.0. The molecule has 1 saturated heterocycles. The van der Waals surface area contributed by atoms with Gasteiger partial charge in [0.05, 0.1) is 29.2 Å².